The zero-order chi connectivity index (χ0) is 34.5. The maximum absolute atomic E-state index is 11.5. The molecule has 0 bridgehead atoms. The number of allylic oxidation sites excluding steroid dienone is 2. The first-order valence-corrected chi connectivity index (χ1v) is 17.3. The minimum atomic E-state index is -0.417. The standard InChI is InChI=1S/C32H28NS.C11H20O2.Ir/c1-19(2)22-14-10-15-25-28-29(33-27-16-9-8-13-24(27)31(28)34-30(22)25)21-17-20-11-6-7-12-23(20)26(18-21)32(3,4)5;1-10(2,3)8(12)7-9(13)11(4,5)6;/h6-16,18-19H,1-5H3;7,12H,1-6H3;/q-1;;/b;8-7-;. The Morgan fingerprint density at radius 1 is 0.792 bits per heavy atom. The summed E-state index contributed by atoms with van der Waals surface area (Å²) in [5.41, 5.74) is 5.16. The quantitative estimate of drug-likeness (QED) is 0.110. The molecular formula is C43H48IrNO2S-. The summed E-state index contributed by atoms with van der Waals surface area (Å²) in [6, 6.07) is 30.0. The number of hydrogen-bond donors (Lipinski definition) is 1. The molecular weight excluding hydrogens is 787 g/mol. The second-order valence-electron chi connectivity index (χ2n) is 15.9. The van der Waals surface area contributed by atoms with E-state index in [4.69, 9.17) is 4.98 Å². The van der Waals surface area contributed by atoms with Crippen LogP contribution in [0, 0.1) is 16.9 Å². The van der Waals surface area contributed by atoms with Gasteiger partial charge in [0, 0.05) is 57.5 Å². The predicted octanol–water partition coefficient (Wildman–Crippen LogP) is 12.7. The fraction of sp³-hybridized carbons (Fsp3) is 0.349. The molecule has 0 atom stereocenters. The average molecular weight is 835 g/mol. The molecule has 3 nitrogen and oxygen atoms in total. The smallest absolute Gasteiger partial charge is 0.164 e. The van der Waals surface area contributed by atoms with Crippen LogP contribution in [-0.4, -0.2) is 15.9 Å². The number of aromatic nitrogens is 1. The van der Waals surface area contributed by atoms with Crippen LogP contribution in [0.4, 0.5) is 0 Å². The molecule has 0 fully saturated rings. The van der Waals surface area contributed by atoms with Crippen molar-refractivity contribution in [1.82, 2.24) is 4.98 Å². The summed E-state index contributed by atoms with van der Waals surface area (Å²) in [6.07, 6.45) is 1.33. The zero-order valence-corrected chi connectivity index (χ0v) is 33.3. The van der Waals surface area contributed by atoms with Crippen LogP contribution in [0.25, 0.3) is 53.1 Å². The Kier molecular flexibility index (Phi) is 10.8. The number of carbonyl (C=O) groups excluding carboxylic acids is 1. The number of fused-ring (bicyclic) bond motifs is 6. The minimum absolute atomic E-state index is 0. The molecule has 0 aliphatic carbocycles. The first-order valence-electron chi connectivity index (χ1n) is 16.5. The fourth-order valence-corrected chi connectivity index (χ4v) is 7.19. The van der Waals surface area contributed by atoms with Gasteiger partial charge >= 0.3 is 0 Å². The van der Waals surface area contributed by atoms with Gasteiger partial charge in [0.05, 0.1) is 5.52 Å². The van der Waals surface area contributed by atoms with Gasteiger partial charge in [0.15, 0.2) is 5.78 Å². The van der Waals surface area contributed by atoms with Gasteiger partial charge in [-0.1, -0.05) is 142 Å². The van der Waals surface area contributed by atoms with E-state index in [1.807, 2.05) is 52.9 Å². The molecule has 2 aromatic heterocycles. The van der Waals surface area contributed by atoms with Crippen LogP contribution >= 0.6 is 11.3 Å². The van der Waals surface area contributed by atoms with Gasteiger partial charge in [-0.05, 0) is 33.7 Å². The van der Waals surface area contributed by atoms with E-state index in [2.05, 4.69) is 113 Å². The second-order valence-corrected chi connectivity index (χ2v) is 17.0. The molecule has 4 aromatic carbocycles. The normalized spacial score (nSPS) is 12.8. The summed E-state index contributed by atoms with van der Waals surface area (Å²) < 4.78 is 2.70. The molecule has 0 amide bonds. The number of hydrogen-bond acceptors (Lipinski definition) is 4. The third-order valence-electron chi connectivity index (χ3n) is 8.60. The molecule has 6 rings (SSSR count). The van der Waals surface area contributed by atoms with Crippen molar-refractivity contribution in [2.75, 3.05) is 0 Å². The van der Waals surface area contributed by atoms with Crippen molar-refractivity contribution in [3.05, 3.63) is 102 Å². The van der Waals surface area contributed by atoms with Gasteiger partial charge in [-0.25, -0.2) is 0 Å². The fourth-order valence-electron chi connectivity index (χ4n) is 5.69. The Morgan fingerprint density at radius 2 is 1.40 bits per heavy atom. The van der Waals surface area contributed by atoms with E-state index in [-0.39, 0.29) is 42.5 Å². The number of aliphatic hydroxyl groups excluding tert-OH is 1. The molecule has 0 saturated heterocycles. The maximum Gasteiger partial charge on any atom is 0.164 e. The van der Waals surface area contributed by atoms with E-state index in [0.29, 0.717) is 5.92 Å². The van der Waals surface area contributed by atoms with Gasteiger partial charge in [0.1, 0.15) is 5.76 Å². The topological polar surface area (TPSA) is 50.2 Å². The van der Waals surface area contributed by atoms with E-state index in [1.54, 1.807) is 0 Å². The van der Waals surface area contributed by atoms with Crippen LogP contribution in [0.3, 0.4) is 0 Å². The molecule has 0 aliphatic heterocycles. The number of ketones is 1. The van der Waals surface area contributed by atoms with Crippen molar-refractivity contribution in [3.8, 4) is 11.3 Å². The molecule has 0 unspecified atom stereocenters. The number of rotatable bonds is 3. The van der Waals surface area contributed by atoms with Gasteiger partial charge in [-0.2, -0.15) is 0 Å². The van der Waals surface area contributed by atoms with E-state index in [0.717, 1.165) is 22.2 Å². The molecule has 0 aliphatic rings. The van der Waals surface area contributed by atoms with Gasteiger partial charge < -0.3 is 5.11 Å². The molecule has 1 radical (unpaired) electrons. The first kappa shape index (κ1) is 37.4. The Balaban J connectivity index is 0.000000319. The number of para-hydroxylation sites is 1. The summed E-state index contributed by atoms with van der Waals surface area (Å²) in [5, 5.41) is 15.8. The zero-order valence-electron chi connectivity index (χ0n) is 30.1. The second kappa shape index (κ2) is 13.9. The van der Waals surface area contributed by atoms with E-state index in [9.17, 15) is 9.90 Å². The Bertz CT molecular complexity index is 2150. The summed E-state index contributed by atoms with van der Waals surface area (Å²) in [7, 11) is 0. The van der Waals surface area contributed by atoms with Crippen molar-refractivity contribution in [3.63, 3.8) is 0 Å². The van der Waals surface area contributed by atoms with E-state index < -0.39 is 5.41 Å². The molecule has 2 heterocycles. The molecule has 6 aromatic rings. The van der Waals surface area contributed by atoms with Gasteiger partial charge in [0.25, 0.3) is 0 Å². The largest absolute Gasteiger partial charge is 0.512 e. The van der Waals surface area contributed by atoms with Crippen LogP contribution in [0.2, 0.25) is 0 Å². The number of aliphatic hydroxyl groups is 1. The van der Waals surface area contributed by atoms with Crippen LogP contribution in [0.1, 0.15) is 93.2 Å². The number of benzene rings is 4. The Morgan fingerprint density at radius 3 is 2.00 bits per heavy atom. The van der Waals surface area contributed by atoms with Crippen molar-refractivity contribution >= 4 is 59.0 Å². The average Bonchev–Trinajstić information content (AvgIpc) is 3.39. The maximum atomic E-state index is 11.5. The first-order chi connectivity index (χ1) is 21.9. The van der Waals surface area contributed by atoms with Crippen molar-refractivity contribution in [2.45, 2.75) is 87.5 Å². The number of carbonyl (C=O) groups is 1. The SMILES string of the molecule is CC(C)(C)C(=O)/C=C(\O)C(C)(C)C.CC(C)c1cccc2c1sc1c3ccccc3nc(-c3[c-]c4ccccc4c(C(C)(C)C)c3)c21.[Ir]. The predicted molar refractivity (Wildman–Crippen MR) is 204 cm³/mol. The van der Waals surface area contributed by atoms with E-state index >= 15 is 0 Å². The van der Waals surface area contributed by atoms with Crippen molar-refractivity contribution < 1.29 is 30.0 Å². The number of thiophene rings is 1. The Labute approximate surface area is 303 Å². The number of nitrogens with zero attached hydrogens (tertiary/aromatic N) is 1. The van der Waals surface area contributed by atoms with Crippen LogP contribution in [-0.2, 0) is 30.3 Å². The van der Waals surface area contributed by atoms with Crippen LogP contribution < -0.4 is 0 Å². The molecule has 0 saturated carbocycles. The number of pyridine rings is 1. The van der Waals surface area contributed by atoms with Crippen LogP contribution in [0.15, 0.2) is 84.6 Å². The minimum Gasteiger partial charge on any atom is -0.512 e. The monoisotopic (exact) mass is 835 g/mol. The van der Waals surface area contributed by atoms with Crippen molar-refractivity contribution in [1.29, 1.82) is 0 Å². The summed E-state index contributed by atoms with van der Waals surface area (Å²) in [5.74, 6) is 0.575. The van der Waals surface area contributed by atoms with Gasteiger partial charge in [-0.3, -0.25) is 9.78 Å². The Hall–Kier alpha value is -3.37. The molecule has 0 spiro atoms. The van der Waals surface area contributed by atoms with Crippen LogP contribution in [0.5, 0.6) is 0 Å². The summed E-state index contributed by atoms with van der Waals surface area (Å²) >= 11 is 1.91. The molecule has 5 heteroatoms. The van der Waals surface area contributed by atoms with Gasteiger partial charge in [0.2, 0.25) is 0 Å². The summed E-state index contributed by atoms with van der Waals surface area (Å²) in [6.45, 7) is 22.5. The molecule has 253 valence electrons. The molecule has 48 heavy (non-hydrogen) atoms. The van der Waals surface area contributed by atoms with E-state index in [1.165, 1.54) is 48.1 Å². The third kappa shape index (κ3) is 7.59. The third-order valence-corrected chi connectivity index (χ3v) is 9.89. The summed E-state index contributed by atoms with van der Waals surface area (Å²) in [4.78, 5) is 16.8. The van der Waals surface area contributed by atoms with Gasteiger partial charge in [-0.15, -0.1) is 40.5 Å². The molecule has 1 N–H and O–H groups in total. The van der Waals surface area contributed by atoms with Crippen molar-refractivity contribution in [2.24, 2.45) is 10.8 Å².